The summed E-state index contributed by atoms with van der Waals surface area (Å²) in [5.74, 6) is -1.78. The summed E-state index contributed by atoms with van der Waals surface area (Å²) < 4.78 is 54.7. The van der Waals surface area contributed by atoms with Crippen LogP contribution in [-0.4, -0.2) is 101 Å². The first kappa shape index (κ1) is 31.7. The second-order valence-corrected chi connectivity index (χ2v) is 8.50. The van der Waals surface area contributed by atoms with E-state index in [2.05, 4.69) is 24.9 Å². The molecule has 0 aromatic carbocycles. The van der Waals surface area contributed by atoms with Gasteiger partial charge in [-0.1, -0.05) is 0 Å². The molecule has 0 bridgehead atoms. The summed E-state index contributed by atoms with van der Waals surface area (Å²) >= 11 is 0. The Bertz CT molecular complexity index is 1400. The molecule has 6 N–H and O–H groups in total. The number of hydrogen-bond donors (Lipinski definition) is 5. The Morgan fingerprint density at radius 2 is 1.60 bits per heavy atom. The highest BCUT2D eigenvalue weighted by Crippen LogP contribution is 2.37. The van der Waals surface area contributed by atoms with Crippen LogP contribution < -0.4 is 10.6 Å². The monoisotopic (exact) mass is 602 g/mol. The molecular weight excluding hydrogens is 577 g/mol. The van der Waals surface area contributed by atoms with Crippen LogP contribution >= 0.6 is 0 Å². The number of carbonyl (C=O) groups is 3. The van der Waals surface area contributed by atoms with Gasteiger partial charge in [-0.25, -0.2) is 34.5 Å². The maximum absolute atomic E-state index is 13.9. The van der Waals surface area contributed by atoms with Crippen LogP contribution in [-0.2, 0) is 15.7 Å². The topological polar surface area (TPSA) is 249 Å². The quantitative estimate of drug-likeness (QED) is 0.287. The molecule has 1 unspecified atom stereocenters. The van der Waals surface area contributed by atoms with Crippen LogP contribution in [0.2, 0.25) is 0 Å². The van der Waals surface area contributed by atoms with Crippen molar-refractivity contribution in [3.8, 4) is 11.4 Å². The maximum Gasteiger partial charge on any atom is 0.503 e. The Hall–Kier alpha value is -4.85. The van der Waals surface area contributed by atoms with Crippen molar-refractivity contribution in [2.75, 3.05) is 37.8 Å². The van der Waals surface area contributed by atoms with Gasteiger partial charge < -0.3 is 40.5 Å². The van der Waals surface area contributed by atoms with Gasteiger partial charge in [0.2, 0.25) is 5.82 Å². The molecule has 3 aromatic rings. The van der Waals surface area contributed by atoms with Crippen LogP contribution in [0, 0.1) is 0 Å². The smallest absolute Gasteiger partial charge is 0.450 e. The summed E-state index contributed by atoms with van der Waals surface area (Å²) in [6.45, 7) is 2.43. The van der Waals surface area contributed by atoms with E-state index >= 15 is 0 Å². The molecule has 0 radical (unpaired) electrons. The minimum absolute atomic E-state index is 0.241. The third-order valence-electron chi connectivity index (χ3n) is 5.70. The fourth-order valence-corrected chi connectivity index (χ4v) is 4.05. The lowest BCUT2D eigenvalue weighted by atomic mass is 10.2. The summed E-state index contributed by atoms with van der Waals surface area (Å²) in [5, 5.41) is 27.9. The Labute approximate surface area is 233 Å². The van der Waals surface area contributed by atoms with Gasteiger partial charge in [0.05, 0.1) is 25.1 Å². The molecule has 2 aliphatic heterocycles. The van der Waals surface area contributed by atoms with Crippen molar-refractivity contribution < 1.29 is 57.5 Å². The van der Waals surface area contributed by atoms with Crippen molar-refractivity contribution in [3.05, 3.63) is 24.0 Å². The SMILES string of the molecule is NC(=O)c1ncc(-c2nc(N3CCOCC3)c3ncn(C4CCCCO4)c3n2)c(C(F)(F)F)n1.O=C(O)O.O=C(O)O. The number of hydrogen-bond acceptors (Lipinski definition) is 11. The van der Waals surface area contributed by atoms with Crippen LogP contribution in [0.15, 0.2) is 12.5 Å². The number of halogens is 3. The third-order valence-corrected chi connectivity index (χ3v) is 5.70. The highest BCUT2D eigenvalue weighted by Gasteiger charge is 2.38. The minimum atomic E-state index is -4.90. The van der Waals surface area contributed by atoms with Gasteiger partial charge in [0, 0.05) is 25.9 Å². The number of imidazole rings is 1. The van der Waals surface area contributed by atoms with Crippen LogP contribution in [0.5, 0.6) is 0 Å². The van der Waals surface area contributed by atoms with Gasteiger partial charge in [-0.3, -0.25) is 9.36 Å². The van der Waals surface area contributed by atoms with E-state index in [1.807, 2.05) is 4.90 Å². The van der Waals surface area contributed by atoms with Crippen molar-refractivity contribution in [1.29, 1.82) is 0 Å². The molecule has 1 amide bonds. The zero-order valence-corrected chi connectivity index (χ0v) is 21.6. The molecule has 42 heavy (non-hydrogen) atoms. The number of aromatic nitrogens is 6. The lowest BCUT2D eigenvalue weighted by Gasteiger charge is -2.28. The number of rotatable bonds is 4. The van der Waals surface area contributed by atoms with Gasteiger partial charge in [-0.05, 0) is 19.3 Å². The number of fused-ring (bicyclic) bond motifs is 1. The summed E-state index contributed by atoms with van der Waals surface area (Å²) in [4.78, 5) is 50.8. The molecule has 5 heterocycles. The molecule has 2 aliphatic rings. The number of ether oxygens (including phenoxy) is 2. The number of nitrogens with zero attached hydrogens (tertiary/aromatic N) is 7. The van der Waals surface area contributed by atoms with Crippen LogP contribution in [0.3, 0.4) is 0 Å². The molecular formula is C22H25F3N8O9. The molecule has 3 aromatic heterocycles. The molecule has 1 atom stereocenters. The van der Waals surface area contributed by atoms with Gasteiger partial charge in [0.15, 0.2) is 28.5 Å². The average molecular weight is 602 g/mol. The van der Waals surface area contributed by atoms with Crippen molar-refractivity contribution in [2.24, 2.45) is 5.73 Å². The standard InChI is InChI=1S/C20H21F3N8O3.2CH2O3/c21-20(22,23)14-11(9-25-17(27-14)15(24)32)16-28-18(30-4-7-33-8-5-30)13-19(29-16)31(10-26-13)12-3-1-2-6-34-12;2*2-1(3)4/h9-10,12H,1-8H2,(H2,24,32);2*(H2,2,3,4). The molecule has 2 fully saturated rings. The fourth-order valence-electron chi connectivity index (χ4n) is 4.05. The molecule has 20 heteroatoms. The van der Waals surface area contributed by atoms with Gasteiger partial charge in [0.1, 0.15) is 6.23 Å². The number of anilines is 1. The van der Waals surface area contributed by atoms with Crippen LogP contribution in [0.1, 0.15) is 41.8 Å². The first-order valence-electron chi connectivity index (χ1n) is 12.1. The normalized spacial score (nSPS) is 16.9. The fraction of sp³-hybridized carbons (Fsp3) is 0.455. The highest BCUT2D eigenvalue weighted by atomic mass is 19.4. The van der Waals surface area contributed by atoms with E-state index in [1.54, 1.807) is 10.9 Å². The predicted octanol–water partition coefficient (Wildman–Crippen LogP) is 2.38. The summed E-state index contributed by atoms with van der Waals surface area (Å²) in [6.07, 6.45) is -3.86. The van der Waals surface area contributed by atoms with Gasteiger partial charge >= 0.3 is 18.5 Å². The number of carboxylic acid groups (broad SMARTS) is 4. The molecule has 0 aliphatic carbocycles. The number of amides is 1. The van der Waals surface area contributed by atoms with E-state index in [0.29, 0.717) is 49.9 Å². The number of alkyl halides is 3. The summed E-state index contributed by atoms with van der Waals surface area (Å²) in [5.41, 5.74) is 4.07. The van der Waals surface area contributed by atoms with Gasteiger partial charge in [-0.2, -0.15) is 13.2 Å². The first-order valence-corrected chi connectivity index (χ1v) is 12.1. The molecule has 2 saturated heterocycles. The predicted molar refractivity (Wildman–Crippen MR) is 133 cm³/mol. The van der Waals surface area contributed by atoms with E-state index in [1.165, 1.54) is 0 Å². The van der Waals surface area contributed by atoms with Crippen molar-refractivity contribution in [1.82, 2.24) is 29.5 Å². The third kappa shape index (κ3) is 8.10. The second kappa shape index (κ2) is 13.7. The van der Waals surface area contributed by atoms with E-state index in [9.17, 15) is 18.0 Å². The summed E-state index contributed by atoms with van der Waals surface area (Å²) in [7, 11) is 0. The summed E-state index contributed by atoms with van der Waals surface area (Å²) in [6, 6.07) is 0. The molecule has 17 nitrogen and oxygen atoms in total. The molecule has 0 saturated carbocycles. The van der Waals surface area contributed by atoms with E-state index in [4.69, 9.17) is 45.2 Å². The number of primary amides is 1. The average Bonchev–Trinajstić information content (AvgIpc) is 3.36. The lowest BCUT2D eigenvalue weighted by molar-refractivity contribution is -0.140. The highest BCUT2D eigenvalue weighted by molar-refractivity contribution is 5.89. The molecule has 228 valence electrons. The molecule has 0 spiro atoms. The Morgan fingerprint density at radius 1 is 0.952 bits per heavy atom. The molecule has 5 rings (SSSR count). The zero-order valence-electron chi connectivity index (χ0n) is 21.6. The van der Waals surface area contributed by atoms with E-state index in [0.717, 1.165) is 25.5 Å². The maximum atomic E-state index is 13.9. The van der Waals surface area contributed by atoms with E-state index in [-0.39, 0.29) is 12.1 Å². The number of nitrogens with two attached hydrogens (primary N) is 1. The largest absolute Gasteiger partial charge is 0.503 e. The van der Waals surface area contributed by atoms with E-state index < -0.39 is 41.5 Å². The van der Waals surface area contributed by atoms with Crippen molar-refractivity contribution in [2.45, 2.75) is 31.7 Å². The van der Waals surface area contributed by atoms with Crippen molar-refractivity contribution >= 4 is 35.2 Å². The van der Waals surface area contributed by atoms with Crippen molar-refractivity contribution in [3.63, 3.8) is 0 Å². The minimum Gasteiger partial charge on any atom is -0.450 e. The Morgan fingerprint density at radius 3 is 2.14 bits per heavy atom. The Balaban J connectivity index is 0.000000540. The number of carbonyl (C=O) groups excluding carboxylic acids is 1. The second-order valence-electron chi connectivity index (χ2n) is 8.50. The first-order chi connectivity index (χ1) is 19.8. The van der Waals surface area contributed by atoms with Gasteiger partial charge in [-0.15, -0.1) is 0 Å². The zero-order chi connectivity index (χ0) is 31.0. The van der Waals surface area contributed by atoms with Crippen LogP contribution in [0.4, 0.5) is 28.6 Å². The number of morpholine rings is 1. The van der Waals surface area contributed by atoms with Crippen LogP contribution in [0.25, 0.3) is 22.6 Å². The Kier molecular flexibility index (Phi) is 10.3. The van der Waals surface area contributed by atoms with Gasteiger partial charge in [0.25, 0.3) is 5.91 Å². The lowest BCUT2D eigenvalue weighted by Crippen LogP contribution is -2.37.